The van der Waals surface area contributed by atoms with Crippen molar-refractivity contribution >= 4 is 16.7 Å². The van der Waals surface area contributed by atoms with Crippen molar-refractivity contribution in [3.05, 3.63) is 24.8 Å². The summed E-state index contributed by atoms with van der Waals surface area (Å²) in [7, 11) is 0. The number of aromatic nitrogens is 3. The summed E-state index contributed by atoms with van der Waals surface area (Å²) in [5.41, 5.74) is 0.924. The Labute approximate surface area is 98.9 Å². The van der Waals surface area contributed by atoms with Gasteiger partial charge < -0.3 is 10.2 Å². The number of nitrogens with one attached hydrogen (secondary N) is 1. The molecule has 5 heteroatoms. The number of nitrogens with zero attached hydrogens (tertiary/aromatic N) is 4. The summed E-state index contributed by atoms with van der Waals surface area (Å²) in [5, 5.41) is 4.61. The van der Waals surface area contributed by atoms with Gasteiger partial charge in [-0.05, 0) is 12.5 Å². The number of fused-ring (bicyclic) bond motifs is 3. The van der Waals surface area contributed by atoms with E-state index in [1.165, 1.54) is 6.42 Å². The van der Waals surface area contributed by atoms with Crippen LogP contribution in [-0.2, 0) is 0 Å². The van der Waals surface area contributed by atoms with E-state index in [1.807, 2.05) is 12.3 Å². The van der Waals surface area contributed by atoms with Crippen molar-refractivity contribution in [1.82, 2.24) is 20.3 Å². The van der Waals surface area contributed by atoms with Gasteiger partial charge in [0.15, 0.2) is 0 Å². The van der Waals surface area contributed by atoms with E-state index in [9.17, 15) is 0 Å². The van der Waals surface area contributed by atoms with Crippen LogP contribution in [0.1, 0.15) is 6.42 Å². The van der Waals surface area contributed by atoms with Crippen LogP contribution in [0, 0.1) is 0 Å². The smallest absolute Gasteiger partial charge is 0.140 e. The Morgan fingerprint density at radius 2 is 2.35 bits per heavy atom. The maximum atomic E-state index is 4.47. The molecule has 0 saturated carbocycles. The second-order valence-electron chi connectivity index (χ2n) is 4.74. The van der Waals surface area contributed by atoms with E-state index in [1.54, 1.807) is 12.5 Å². The normalized spacial score (nSPS) is 26.9. The summed E-state index contributed by atoms with van der Waals surface area (Å²) in [4.78, 5) is 15.2. The van der Waals surface area contributed by atoms with Crippen LogP contribution in [0.3, 0.4) is 0 Å². The average Bonchev–Trinajstić information content (AvgIpc) is 3.00. The maximum Gasteiger partial charge on any atom is 0.140 e. The molecule has 2 aromatic heterocycles. The molecule has 2 aromatic rings. The molecule has 0 unspecified atom stereocenters. The minimum Gasteiger partial charge on any atom is -0.350 e. The van der Waals surface area contributed by atoms with Crippen molar-refractivity contribution in [1.29, 1.82) is 0 Å². The first kappa shape index (κ1) is 9.30. The second kappa shape index (κ2) is 3.37. The third kappa shape index (κ3) is 1.32. The number of piperazine rings is 1. The third-order valence-electron chi connectivity index (χ3n) is 3.75. The fraction of sp³-hybridized carbons (Fsp3) is 0.417. The number of rotatable bonds is 1. The molecule has 4 heterocycles. The molecule has 0 amide bonds. The van der Waals surface area contributed by atoms with Gasteiger partial charge in [0.25, 0.3) is 0 Å². The molecule has 5 nitrogen and oxygen atoms in total. The first-order chi connectivity index (χ1) is 8.42. The Kier molecular flexibility index (Phi) is 1.84. The van der Waals surface area contributed by atoms with Crippen LogP contribution < -0.4 is 10.2 Å². The highest BCUT2D eigenvalue weighted by atomic mass is 15.3. The van der Waals surface area contributed by atoms with Crippen molar-refractivity contribution in [2.45, 2.75) is 18.5 Å². The van der Waals surface area contributed by atoms with Gasteiger partial charge in [-0.25, -0.2) is 9.97 Å². The highest BCUT2D eigenvalue weighted by molar-refractivity contribution is 5.88. The van der Waals surface area contributed by atoms with Crippen LogP contribution in [0.15, 0.2) is 24.8 Å². The molecule has 0 aliphatic carbocycles. The van der Waals surface area contributed by atoms with Gasteiger partial charge in [0.2, 0.25) is 0 Å². The molecule has 86 valence electrons. The lowest BCUT2D eigenvalue weighted by Crippen LogP contribution is -2.44. The van der Waals surface area contributed by atoms with Gasteiger partial charge in [0.05, 0.1) is 11.7 Å². The van der Waals surface area contributed by atoms with E-state index in [2.05, 4.69) is 25.2 Å². The summed E-state index contributed by atoms with van der Waals surface area (Å²) >= 11 is 0. The minimum atomic E-state index is 0.589. The van der Waals surface area contributed by atoms with Gasteiger partial charge in [0.1, 0.15) is 12.1 Å². The zero-order valence-electron chi connectivity index (χ0n) is 9.37. The highest BCUT2D eigenvalue weighted by Crippen LogP contribution is 2.31. The lowest BCUT2D eigenvalue weighted by Gasteiger charge is -2.29. The van der Waals surface area contributed by atoms with Gasteiger partial charge in [0, 0.05) is 36.8 Å². The molecule has 0 aromatic carbocycles. The molecule has 2 atom stereocenters. The Hall–Kier alpha value is -1.75. The Bertz CT molecular complexity index is 564. The monoisotopic (exact) mass is 227 g/mol. The highest BCUT2D eigenvalue weighted by Gasteiger charge is 2.38. The lowest BCUT2D eigenvalue weighted by molar-refractivity contribution is 0.577. The number of anilines is 1. The number of pyridine rings is 1. The van der Waals surface area contributed by atoms with Crippen LogP contribution in [0.5, 0.6) is 0 Å². The molecule has 2 saturated heterocycles. The van der Waals surface area contributed by atoms with Gasteiger partial charge in [-0.15, -0.1) is 0 Å². The van der Waals surface area contributed by atoms with E-state index in [0.29, 0.717) is 12.1 Å². The summed E-state index contributed by atoms with van der Waals surface area (Å²) in [6, 6.07) is 3.22. The van der Waals surface area contributed by atoms with Crippen molar-refractivity contribution in [2.24, 2.45) is 0 Å². The van der Waals surface area contributed by atoms with Gasteiger partial charge >= 0.3 is 0 Å². The first-order valence-electron chi connectivity index (χ1n) is 5.96. The van der Waals surface area contributed by atoms with E-state index in [0.717, 1.165) is 29.8 Å². The Balaban J connectivity index is 1.85. The van der Waals surface area contributed by atoms with E-state index < -0.39 is 0 Å². The van der Waals surface area contributed by atoms with E-state index in [4.69, 9.17) is 0 Å². The van der Waals surface area contributed by atoms with Crippen molar-refractivity contribution in [3.63, 3.8) is 0 Å². The second-order valence-corrected chi connectivity index (χ2v) is 4.74. The third-order valence-corrected chi connectivity index (χ3v) is 3.75. The van der Waals surface area contributed by atoms with Crippen LogP contribution in [0.4, 0.5) is 5.82 Å². The van der Waals surface area contributed by atoms with Crippen LogP contribution in [0.2, 0.25) is 0 Å². The molecule has 2 bridgehead atoms. The lowest BCUT2D eigenvalue weighted by atomic mass is 10.2. The van der Waals surface area contributed by atoms with Gasteiger partial charge in [-0.2, -0.15) is 0 Å². The largest absolute Gasteiger partial charge is 0.350 e. The molecular weight excluding hydrogens is 214 g/mol. The van der Waals surface area contributed by atoms with Crippen molar-refractivity contribution < 1.29 is 0 Å². The van der Waals surface area contributed by atoms with Gasteiger partial charge in [-0.3, -0.25) is 4.98 Å². The summed E-state index contributed by atoms with van der Waals surface area (Å²) < 4.78 is 0. The summed E-state index contributed by atoms with van der Waals surface area (Å²) in [6.07, 6.45) is 6.48. The van der Waals surface area contributed by atoms with Crippen LogP contribution >= 0.6 is 0 Å². The Morgan fingerprint density at radius 3 is 3.18 bits per heavy atom. The number of hydrogen-bond donors (Lipinski definition) is 1. The fourth-order valence-electron chi connectivity index (χ4n) is 2.94. The molecule has 17 heavy (non-hydrogen) atoms. The van der Waals surface area contributed by atoms with Crippen molar-refractivity contribution in [2.75, 3.05) is 18.0 Å². The molecular formula is C12H13N5. The fourth-order valence-corrected chi connectivity index (χ4v) is 2.94. The molecule has 2 fully saturated rings. The maximum absolute atomic E-state index is 4.47. The molecule has 4 rings (SSSR count). The predicted molar refractivity (Wildman–Crippen MR) is 64.9 cm³/mol. The van der Waals surface area contributed by atoms with E-state index >= 15 is 0 Å². The number of hydrogen-bond acceptors (Lipinski definition) is 5. The standard InChI is InChI=1S/C12H13N5/c1-2-13-5-11-10(1)12(16-7-15-11)17-6-8-3-9(17)4-14-8/h1-2,5,7-9,14H,3-4,6H2/t8-,9-/m0/s1. The molecule has 1 N–H and O–H groups in total. The van der Waals surface area contributed by atoms with Crippen molar-refractivity contribution in [3.8, 4) is 0 Å². The summed E-state index contributed by atoms with van der Waals surface area (Å²) in [5.74, 6) is 1.06. The Morgan fingerprint density at radius 1 is 1.35 bits per heavy atom. The SMILES string of the molecule is c1cc2c(N3C[C@@H]4C[C@H]3CN4)ncnc2cn1. The van der Waals surface area contributed by atoms with Crippen LogP contribution in [0.25, 0.3) is 10.9 Å². The molecule has 0 radical (unpaired) electrons. The first-order valence-corrected chi connectivity index (χ1v) is 5.96. The summed E-state index contributed by atoms with van der Waals surface area (Å²) in [6.45, 7) is 2.13. The van der Waals surface area contributed by atoms with E-state index in [-0.39, 0.29) is 0 Å². The quantitative estimate of drug-likeness (QED) is 0.772. The topological polar surface area (TPSA) is 53.9 Å². The zero-order valence-corrected chi connectivity index (χ0v) is 9.37. The van der Waals surface area contributed by atoms with Crippen LogP contribution in [-0.4, -0.2) is 40.1 Å². The zero-order chi connectivity index (χ0) is 11.2. The molecule has 2 aliphatic rings. The molecule has 0 spiro atoms. The van der Waals surface area contributed by atoms with Gasteiger partial charge in [-0.1, -0.05) is 0 Å². The minimum absolute atomic E-state index is 0.589. The predicted octanol–water partition coefficient (Wildman–Crippen LogP) is 0.575. The average molecular weight is 227 g/mol. The molecule has 2 aliphatic heterocycles.